The number of amides is 1. The molecule has 0 unspecified atom stereocenters. The highest BCUT2D eigenvalue weighted by molar-refractivity contribution is 6.32. The predicted molar refractivity (Wildman–Crippen MR) is 81.0 cm³/mol. The van der Waals surface area contributed by atoms with Crippen molar-refractivity contribution in [3.8, 4) is 11.5 Å². The van der Waals surface area contributed by atoms with Crippen molar-refractivity contribution < 1.29 is 14.3 Å². The summed E-state index contributed by atoms with van der Waals surface area (Å²) in [6.45, 7) is 2.77. The molecule has 1 amide bonds. The fourth-order valence-corrected chi connectivity index (χ4v) is 2.10. The van der Waals surface area contributed by atoms with Crippen LogP contribution in [0.2, 0.25) is 5.02 Å². The van der Waals surface area contributed by atoms with Crippen LogP contribution >= 0.6 is 23.2 Å². The van der Waals surface area contributed by atoms with E-state index in [1.807, 2.05) is 6.92 Å². The summed E-state index contributed by atoms with van der Waals surface area (Å²) in [6.07, 6.45) is 1.09. The maximum atomic E-state index is 11.5. The molecule has 0 aliphatic rings. The molecule has 0 radical (unpaired) electrons. The average Bonchev–Trinajstić information content (AvgIpc) is 2.45. The van der Waals surface area contributed by atoms with Crippen LogP contribution in [0.1, 0.15) is 25.3 Å². The molecule has 0 aliphatic heterocycles. The van der Waals surface area contributed by atoms with Crippen molar-refractivity contribution >= 4 is 29.1 Å². The lowest BCUT2D eigenvalue weighted by Gasteiger charge is -2.13. The lowest BCUT2D eigenvalue weighted by molar-refractivity contribution is -0.121. The molecule has 20 heavy (non-hydrogen) atoms. The fraction of sp³-hybridized carbons (Fsp3) is 0.500. The minimum Gasteiger partial charge on any atom is -0.493 e. The molecule has 0 atom stereocenters. The van der Waals surface area contributed by atoms with Gasteiger partial charge in [0.1, 0.15) is 0 Å². The molecule has 0 aromatic heterocycles. The van der Waals surface area contributed by atoms with Crippen LogP contribution in [0.4, 0.5) is 0 Å². The predicted octanol–water partition coefficient (Wildman–Crippen LogP) is 3.38. The summed E-state index contributed by atoms with van der Waals surface area (Å²) in [6, 6.07) is 3.57. The van der Waals surface area contributed by atoms with E-state index in [1.54, 1.807) is 19.2 Å². The Morgan fingerprint density at radius 3 is 2.75 bits per heavy atom. The van der Waals surface area contributed by atoms with E-state index in [0.717, 1.165) is 5.56 Å². The molecule has 1 N–H and O–H groups in total. The van der Waals surface area contributed by atoms with Crippen LogP contribution in [0.3, 0.4) is 0 Å². The van der Waals surface area contributed by atoms with Gasteiger partial charge in [0.15, 0.2) is 11.5 Å². The molecule has 0 heterocycles. The minimum absolute atomic E-state index is 0.0328. The lowest BCUT2D eigenvalue weighted by atomic mass is 10.2. The second-order valence-electron chi connectivity index (χ2n) is 4.11. The van der Waals surface area contributed by atoms with Gasteiger partial charge in [0.2, 0.25) is 5.91 Å². The van der Waals surface area contributed by atoms with E-state index in [9.17, 15) is 4.79 Å². The molecular formula is C14H19Cl2NO3. The van der Waals surface area contributed by atoms with Crippen molar-refractivity contribution in [3.05, 3.63) is 22.7 Å². The van der Waals surface area contributed by atoms with E-state index in [4.69, 9.17) is 32.7 Å². The molecule has 0 bridgehead atoms. The zero-order valence-corrected chi connectivity index (χ0v) is 13.2. The second kappa shape index (κ2) is 8.93. The standard InChI is InChI=1S/C14H19Cl2NO3/c1-3-20-14-11(16)7-10(8-12(14)19-2)9-17-13(18)5-4-6-15/h7-8H,3-6,9H2,1-2H3,(H,17,18). The largest absolute Gasteiger partial charge is 0.493 e. The quantitative estimate of drug-likeness (QED) is 0.747. The van der Waals surface area contributed by atoms with Crippen molar-refractivity contribution in [2.24, 2.45) is 0 Å². The molecular weight excluding hydrogens is 301 g/mol. The summed E-state index contributed by atoms with van der Waals surface area (Å²) in [4.78, 5) is 11.5. The van der Waals surface area contributed by atoms with Gasteiger partial charge in [-0.3, -0.25) is 4.79 Å². The maximum absolute atomic E-state index is 11.5. The molecule has 1 aromatic rings. The first kappa shape index (κ1) is 16.9. The molecule has 1 aromatic carbocycles. The third kappa shape index (κ3) is 5.10. The first-order valence-corrected chi connectivity index (χ1v) is 7.35. The Morgan fingerprint density at radius 1 is 1.40 bits per heavy atom. The van der Waals surface area contributed by atoms with E-state index in [1.165, 1.54) is 0 Å². The molecule has 112 valence electrons. The number of alkyl halides is 1. The summed E-state index contributed by atoms with van der Waals surface area (Å²) in [5, 5.41) is 3.28. The molecule has 6 heteroatoms. The van der Waals surface area contributed by atoms with Crippen molar-refractivity contribution in [1.29, 1.82) is 0 Å². The molecule has 4 nitrogen and oxygen atoms in total. The Bertz CT molecular complexity index is 452. The van der Waals surface area contributed by atoms with Crippen LogP contribution in [0, 0.1) is 0 Å². The van der Waals surface area contributed by atoms with Gasteiger partial charge >= 0.3 is 0 Å². The van der Waals surface area contributed by atoms with E-state index in [0.29, 0.717) is 48.4 Å². The van der Waals surface area contributed by atoms with Gasteiger partial charge in [0.25, 0.3) is 0 Å². The van der Waals surface area contributed by atoms with Crippen LogP contribution < -0.4 is 14.8 Å². The number of carbonyl (C=O) groups excluding carboxylic acids is 1. The summed E-state index contributed by atoms with van der Waals surface area (Å²) < 4.78 is 10.7. The summed E-state index contributed by atoms with van der Waals surface area (Å²) >= 11 is 11.7. The van der Waals surface area contributed by atoms with Gasteiger partial charge < -0.3 is 14.8 Å². The number of nitrogens with one attached hydrogen (secondary N) is 1. The van der Waals surface area contributed by atoms with Crippen LogP contribution in [-0.2, 0) is 11.3 Å². The number of carbonyl (C=O) groups is 1. The first-order chi connectivity index (χ1) is 9.62. The zero-order chi connectivity index (χ0) is 15.0. The highest BCUT2D eigenvalue weighted by Crippen LogP contribution is 2.36. The van der Waals surface area contributed by atoms with Crippen molar-refractivity contribution in [2.45, 2.75) is 26.3 Å². The van der Waals surface area contributed by atoms with Crippen LogP contribution in [-0.4, -0.2) is 25.5 Å². The van der Waals surface area contributed by atoms with Gasteiger partial charge in [-0.2, -0.15) is 0 Å². The average molecular weight is 320 g/mol. The summed E-state index contributed by atoms with van der Waals surface area (Å²) in [5.74, 6) is 1.53. The summed E-state index contributed by atoms with van der Waals surface area (Å²) in [7, 11) is 1.55. The van der Waals surface area contributed by atoms with Crippen LogP contribution in [0.25, 0.3) is 0 Å². The number of hydrogen-bond acceptors (Lipinski definition) is 3. The zero-order valence-electron chi connectivity index (χ0n) is 11.7. The number of ether oxygens (including phenoxy) is 2. The molecule has 0 fully saturated rings. The Labute approximate surface area is 129 Å². The molecule has 0 saturated heterocycles. The topological polar surface area (TPSA) is 47.6 Å². The van der Waals surface area contributed by atoms with Gasteiger partial charge in [-0.15, -0.1) is 11.6 Å². The van der Waals surface area contributed by atoms with Crippen molar-refractivity contribution in [3.63, 3.8) is 0 Å². The molecule has 1 rings (SSSR count). The van der Waals surface area contributed by atoms with Gasteiger partial charge in [-0.25, -0.2) is 0 Å². The van der Waals surface area contributed by atoms with E-state index < -0.39 is 0 Å². The number of hydrogen-bond donors (Lipinski definition) is 1. The molecule has 0 saturated carbocycles. The SMILES string of the molecule is CCOc1c(Cl)cc(CNC(=O)CCCCl)cc1OC. The minimum atomic E-state index is -0.0328. The third-order valence-electron chi connectivity index (χ3n) is 2.61. The number of halogens is 2. The smallest absolute Gasteiger partial charge is 0.220 e. The second-order valence-corrected chi connectivity index (χ2v) is 4.90. The third-order valence-corrected chi connectivity index (χ3v) is 3.15. The van der Waals surface area contributed by atoms with Crippen molar-refractivity contribution in [2.75, 3.05) is 19.6 Å². The Balaban J connectivity index is 2.72. The Morgan fingerprint density at radius 2 is 2.15 bits per heavy atom. The van der Waals surface area contributed by atoms with Gasteiger partial charge in [-0.1, -0.05) is 11.6 Å². The van der Waals surface area contributed by atoms with E-state index >= 15 is 0 Å². The fourth-order valence-electron chi connectivity index (χ4n) is 1.68. The maximum Gasteiger partial charge on any atom is 0.220 e. The van der Waals surface area contributed by atoms with Gasteiger partial charge in [0.05, 0.1) is 18.7 Å². The van der Waals surface area contributed by atoms with E-state index in [-0.39, 0.29) is 5.91 Å². The molecule has 0 aliphatic carbocycles. The normalized spacial score (nSPS) is 10.2. The lowest BCUT2D eigenvalue weighted by Crippen LogP contribution is -2.22. The van der Waals surface area contributed by atoms with E-state index in [2.05, 4.69) is 5.32 Å². The number of benzene rings is 1. The summed E-state index contributed by atoms with van der Waals surface area (Å²) in [5.41, 5.74) is 0.856. The Hall–Kier alpha value is -1.13. The highest BCUT2D eigenvalue weighted by atomic mass is 35.5. The monoisotopic (exact) mass is 319 g/mol. The van der Waals surface area contributed by atoms with Crippen LogP contribution in [0.5, 0.6) is 11.5 Å². The number of rotatable bonds is 8. The van der Waals surface area contributed by atoms with Gasteiger partial charge in [-0.05, 0) is 31.0 Å². The van der Waals surface area contributed by atoms with Crippen LogP contribution in [0.15, 0.2) is 12.1 Å². The number of methoxy groups -OCH3 is 1. The van der Waals surface area contributed by atoms with Crippen molar-refractivity contribution in [1.82, 2.24) is 5.32 Å². The van der Waals surface area contributed by atoms with Gasteiger partial charge in [0, 0.05) is 18.8 Å². The highest BCUT2D eigenvalue weighted by Gasteiger charge is 2.12. The first-order valence-electron chi connectivity index (χ1n) is 6.44. The molecule has 0 spiro atoms. The Kier molecular flexibility index (Phi) is 7.55.